The molecule has 1 heterocycles. The van der Waals surface area contributed by atoms with Crippen molar-refractivity contribution in [2.45, 2.75) is 12.7 Å². The van der Waals surface area contributed by atoms with Gasteiger partial charge in [-0.05, 0) is 31.3 Å². The summed E-state index contributed by atoms with van der Waals surface area (Å²) in [6, 6.07) is 11.9. The van der Waals surface area contributed by atoms with E-state index in [2.05, 4.69) is 25.6 Å². The Bertz CT molecular complexity index is 1130. The van der Waals surface area contributed by atoms with Gasteiger partial charge in [0.05, 0.1) is 37.1 Å². The Kier molecular flexibility index (Phi) is 7.28. The van der Waals surface area contributed by atoms with Crippen LogP contribution in [0.25, 0.3) is 0 Å². The first-order valence-electron chi connectivity index (χ1n) is 9.71. The lowest BCUT2D eigenvalue weighted by Crippen LogP contribution is -2.31. The smallest absolute Gasteiger partial charge is 0.418 e. The van der Waals surface area contributed by atoms with Crippen molar-refractivity contribution in [3.8, 4) is 5.75 Å². The van der Waals surface area contributed by atoms with Crippen molar-refractivity contribution in [1.82, 2.24) is 19.9 Å². The third-order valence-corrected chi connectivity index (χ3v) is 4.38. The lowest BCUT2D eigenvalue weighted by Gasteiger charge is -2.18. The van der Waals surface area contributed by atoms with Crippen LogP contribution in [0.3, 0.4) is 0 Å². The number of rotatable bonds is 8. The molecule has 0 saturated carbocycles. The highest BCUT2D eigenvalue weighted by Crippen LogP contribution is 2.34. The number of methoxy groups -OCH3 is 1. The van der Waals surface area contributed by atoms with Gasteiger partial charge in [0.1, 0.15) is 11.6 Å². The molecule has 3 aromatic rings. The number of ether oxygens (including phenoxy) is 1. The van der Waals surface area contributed by atoms with Crippen molar-refractivity contribution in [1.29, 1.82) is 0 Å². The summed E-state index contributed by atoms with van der Waals surface area (Å²) in [5.74, 6) is 0.369. The maximum atomic E-state index is 13.1. The number of aromatic nitrogens is 3. The minimum atomic E-state index is -4.58. The van der Waals surface area contributed by atoms with Crippen LogP contribution in [0.15, 0.2) is 48.5 Å². The fourth-order valence-electron chi connectivity index (χ4n) is 3.00. The van der Waals surface area contributed by atoms with E-state index < -0.39 is 17.6 Å². The number of carbonyl (C=O) groups is 1. The monoisotopic (exact) mass is 461 g/mol. The van der Waals surface area contributed by atoms with Crippen LogP contribution in [0.2, 0.25) is 0 Å². The maximum absolute atomic E-state index is 13.1. The summed E-state index contributed by atoms with van der Waals surface area (Å²) in [4.78, 5) is 26.2. The molecule has 12 heteroatoms. The van der Waals surface area contributed by atoms with Gasteiger partial charge in [0.2, 0.25) is 17.8 Å². The third-order valence-electron chi connectivity index (χ3n) is 4.38. The molecule has 33 heavy (non-hydrogen) atoms. The number of likely N-dealkylation sites (N-methyl/N-ethyl adjacent to an activating group) is 1. The van der Waals surface area contributed by atoms with Crippen LogP contribution >= 0.6 is 0 Å². The Morgan fingerprint density at radius 2 is 1.73 bits per heavy atom. The summed E-state index contributed by atoms with van der Waals surface area (Å²) in [5, 5.41) is 5.30. The predicted octanol–water partition coefficient (Wildman–Crippen LogP) is 3.30. The molecule has 0 aliphatic carbocycles. The number of para-hydroxylation sites is 3. The third kappa shape index (κ3) is 6.53. The van der Waals surface area contributed by atoms with Gasteiger partial charge in [0, 0.05) is 0 Å². The van der Waals surface area contributed by atoms with Gasteiger partial charge in [-0.15, -0.1) is 0 Å². The first-order chi connectivity index (χ1) is 15.7. The number of alkyl halides is 3. The van der Waals surface area contributed by atoms with E-state index in [0.717, 1.165) is 6.07 Å². The zero-order valence-corrected chi connectivity index (χ0v) is 17.8. The number of carbonyl (C=O) groups excluding carboxylic acids is 1. The van der Waals surface area contributed by atoms with E-state index in [0.29, 0.717) is 11.4 Å². The van der Waals surface area contributed by atoms with Crippen LogP contribution in [0.4, 0.5) is 36.4 Å². The zero-order chi connectivity index (χ0) is 24.0. The number of amides is 1. The van der Waals surface area contributed by atoms with Gasteiger partial charge < -0.3 is 21.1 Å². The number of nitrogens with two attached hydrogens (primary N) is 1. The summed E-state index contributed by atoms with van der Waals surface area (Å²) in [6.07, 6.45) is -4.58. The fraction of sp³-hybridized carbons (Fsp3) is 0.238. The molecule has 0 fully saturated rings. The van der Waals surface area contributed by atoms with Crippen LogP contribution in [0.5, 0.6) is 5.75 Å². The van der Waals surface area contributed by atoms with Crippen LogP contribution in [0.1, 0.15) is 11.4 Å². The molecule has 0 radical (unpaired) electrons. The van der Waals surface area contributed by atoms with E-state index in [-0.39, 0.29) is 36.5 Å². The largest absolute Gasteiger partial charge is 0.495 e. The highest BCUT2D eigenvalue weighted by Gasteiger charge is 2.33. The Labute approximate surface area is 187 Å². The van der Waals surface area contributed by atoms with Crippen molar-refractivity contribution < 1.29 is 22.7 Å². The zero-order valence-electron chi connectivity index (χ0n) is 17.8. The Morgan fingerprint density at radius 3 is 2.42 bits per heavy atom. The van der Waals surface area contributed by atoms with Crippen molar-refractivity contribution >= 4 is 29.2 Å². The molecular formula is C21H22F3N7O2. The summed E-state index contributed by atoms with van der Waals surface area (Å²) in [6.45, 7) is -0.102. The molecule has 1 amide bonds. The molecule has 0 aliphatic rings. The number of nitrogens with one attached hydrogen (secondary N) is 2. The molecule has 0 aliphatic heterocycles. The molecule has 3 rings (SSSR count). The number of benzene rings is 2. The van der Waals surface area contributed by atoms with Crippen LogP contribution in [0, 0.1) is 0 Å². The minimum Gasteiger partial charge on any atom is -0.495 e. The molecule has 0 saturated heterocycles. The minimum absolute atomic E-state index is 0.0330. The standard InChI is InChI=1S/C21H22F3N7O2/c1-31(12-18(32)26-14-8-4-3-7-13(14)21(22,23)24)11-17-28-19(25)30-20(29-17)27-15-9-5-6-10-16(15)33-2/h3-10H,11-12H2,1-2H3,(H,26,32)(H3,25,27,28,29,30). The van der Waals surface area contributed by atoms with Crippen molar-refractivity contribution in [2.24, 2.45) is 0 Å². The average Bonchev–Trinajstić information content (AvgIpc) is 2.73. The summed E-state index contributed by atoms with van der Waals surface area (Å²) >= 11 is 0. The predicted molar refractivity (Wildman–Crippen MR) is 117 cm³/mol. The number of hydrogen-bond donors (Lipinski definition) is 3. The lowest BCUT2D eigenvalue weighted by atomic mass is 10.1. The summed E-state index contributed by atoms with van der Waals surface area (Å²) < 4.78 is 44.6. The molecule has 9 nitrogen and oxygen atoms in total. The number of nitrogen functional groups attached to an aromatic ring is 1. The molecule has 0 spiro atoms. The van der Waals surface area contributed by atoms with E-state index in [1.165, 1.54) is 30.2 Å². The van der Waals surface area contributed by atoms with Gasteiger partial charge in [0.25, 0.3) is 0 Å². The second-order valence-corrected chi connectivity index (χ2v) is 7.02. The molecule has 0 unspecified atom stereocenters. The maximum Gasteiger partial charge on any atom is 0.418 e. The van der Waals surface area contributed by atoms with Gasteiger partial charge in [-0.3, -0.25) is 9.69 Å². The SMILES string of the molecule is COc1ccccc1Nc1nc(N)nc(CN(C)CC(=O)Nc2ccccc2C(F)(F)F)n1. The van der Waals surface area contributed by atoms with Gasteiger partial charge in [-0.1, -0.05) is 24.3 Å². The highest BCUT2D eigenvalue weighted by molar-refractivity contribution is 5.93. The highest BCUT2D eigenvalue weighted by atomic mass is 19.4. The molecular weight excluding hydrogens is 439 g/mol. The van der Waals surface area contributed by atoms with E-state index in [1.807, 2.05) is 6.07 Å². The van der Waals surface area contributed by atoms with Gasteiger partial charge >= 0.3 is 6.18 Å². The van der Waals surface area contributed by atoms with E-state index >= 15 is 0 Å². The van der Waals surface area contributed by atoms with Crippen LogP contribution in [-0.4, -0.2) is 46.5 Å². The molecule has 2 aromatic carbocycles. The average molecular weight is 461 g/mol. The summed E-state index contributed by atoms with van der Waals surface area (Å²) in [7, 11) is 3.13. The number of halogens is 3. The Morgan fingerprint density at radius 1 is 1.06 bits per heavy atom. The van der Waals surface area contributed by atoms with Crippen LogP contribution in [-0.2, 0) is 17.5 Å². The molecule has 1 aromatic heterocycles. The second-order valence-electron chi connectivity index (χ2n) is 7.02. The number of nitrogens with zero attached hydrogens (tertiary/aromatic N) is 4. The number of anilines is 4. The first kappa shape index (κ1) is 23.7. The van der Waals surface area contributed by atoms with E-state index in [9.17, 15) is 18.0 Å². The normalized spacial score (nSPS) is 11.3. The first-order valence-corrected chi connectivity index (χ1v) is 9.71. The Hall–Kier alpha value is -3.93. The van der Waals surface area contributed by atoms with Crippen LogP contribution < -0.4 is 21.1 Å². The second kappa shape index (κ2) is 10.1. The quantitative estimate of drug-likeness (QED) is 0.468. The molecule has 0 bridgehead atoms. The lowest BCUT2D eigenvalue weighted by molar-refractivity contribution is -0.137. The number of hydrogen-bond acceptors (Lipinski definition) is 8. The van der Waals surface area contributed by atoms with Crippen molar-refractivity contribution in [2.75, 3.05) is 37.1 Å². The van der Waals surface area contributed by atoms with Crippen molar-refractivity contribution in [3.63, 3.8) is 0 Å². The molecule has 174 valence electrons. The summed E-state index contributed by atoms with van der Waals surface area (Å²) in [5.41, 5.74) is 5.17. The molecule has 0 atom stereocenters. The fourth-order valence-corrected chi connectivity index (χ4v) is 3.00. The van der Waals surface area contributed by atoms with E-state index in [1.54, 1.807) is 25.2 Å². The van der Waals surface area contributed by atoms with Crippen molar-refractivity contribution in [3.05, 3.63) is 59.9 Å². The van der Waals surface area contributed by atoms with E-state index in [4.69, 9.17) is 10.5 Å². The topological polar surface area (TPSA) is 118 Å². The molecule has 4 N–H and O–H groups in total. The van der Waals surface area contributed by atoms with Gasteiger partial charge in [-0.25, -0.2) is 0 Å². The van der Waals surface area contributed by atoms with Gasteiger partial charge in [-0.2, -0.15) is 28.1 Å². The Balaban J connectivity index is 1.66. The van der Waals surface area contributed by atoms with Gasteiger partial charge in [0.15, 0.2) is 0 Å².